The predicted molar refractivity (Wildman–Crippen MR) is 95.9 cm³/mol. The van der Waals surface area contributed by atoms with Gasteiger partial charge in [0.15, 0.2) is 5.82 Å². The summed E-state index contributed by atoms with van der Waals surface area (Å²) in [5.74, 6) is -0.827. The van der Waals surface area contributed by atoms with Crippen LogP contribution in [0.5, 0.6) is 0 Å². The molecule has 2 aromatic heterocycles. The minimum absolute atomic E-state index is 0.0523. The van der Waals surface area contributed by atoms with Gasteiger partial charge in [-0.05, 0) is 49.4 Å². The van der Waals surface area contributed by atoms with Crippen molar-refractivity contribution >= 4 is 39.5 Å². The molecule has 6 nitrogen and oxygen atoms in total. The topological polar surface area (TPSA) is 61.9 Å². The smallest absolute Gasteiger partial charge is 0.341 e. The molecule has 0 saturated carbocycles. The molecule has 2 heterocycles. The van der Waals surface area contributed by atoms with Crippen LogP contribution in [0.15, 0.2) is 24.5 Å². The van der Waals surface area contributed by atoms with Crippen LogP contribution in [0.1, 0.15) is 37.2 Å². The Balaban J connectivity index is 2.08. The van der Waals surface area contributed by atoms with Crippen molar-refractivity contribution in [2.24, 2.45) is 0 Å². The minimum Gasteiger partial charge on any atom is -0.462 e. The van der Waals surface area contributed by atoms with Crippen molar-refractivity contribution in [3.63, 3.8) is 0 Å². The summed E-state index contributed by atoms with van der Waals surface area (Å²) in [5.41, 5.74) is 1.32. The number of aromatic nitrogens is 4. The maximum Gasteiger partial charge on any atom is 0.341 e. The first-order chi connectivity index (χ1) is 11.4. The summed E-state index contributed by atoms with van der Waals surface area (Å²) in [6, 6.07) is 3.26. The van der Waals surface area contributed by atoms with Gasteiger partial charge in [0.25, 0.3) is 0 Å². The lowest BCUT2D eigenvalue weighted by atomic mass is 10.2. The summed E-state index contributed by atoms with van der Waals surface area (Å²) < 4.78 is 23.4. The number of nitrogens with zero attached hydrogens (tertiary/aromatic N) is 4. The van der Waals surface area contributed by atoms with E-state index in [4.69, 9.17) is 4.74 Å². The predicted octanol–water partition coefficient (Wildman–Crippen LogP) is 3.72. The van der Waals surface area contributed by atoms with E-state index in [1.807, 2.05) is 19.9 Å². The number of benzene rings is 1. The second-order valence-electron chi connectivity index (χ2n) is 5.55. The highest BCUT2D eigenvalue weighted by Gasteiger charge is 2.18. The van der Waals surface area contributed by atoms with Gasteiger partial charge in [0.05, 0.1) is 24.1 Å². The summed E-state index contributed by atoms with van der Waals surface area (Å²) in [5, 5.41) is 9.25. The van der Waals surface area contributed by atoms with Crippen molar-refractivity contribution in [2.75, 3.05) is 6.61 Å². The third-order valence-electron chi connectivity index (χ3n) is 3.54. The summed E-state index contributed by atoms with van der Waals surface area (Å²) in [6.45, 7) is 5.93. The largest absolute Gasteiger partial charge is 0.462 e. The lowest BCUT2D eigenvalue weighted by Crippen LogP contribution is -2.04. The fourth-order valence-electron chi connectivity index (χ4n) is 2.46. The number of halogens is 2. The maximum absolute atomic E-state index is 14.7. The highest BCUT2D eigenvalue weighted by molar-refractivity contribution is 14.1. The van der Waals surface area contributed by atoms with Gasteiger partial charge in [-0.3, -0.25) is 4.68 Å². The molecule has 0 fully saturated rings. The van der Waals surface area contributed by atoms with Crippen LogP contribution >= 0.6 is 22.6 Å². The van der Waals surface area contributed by atoms with E-state index in [-0.39, 0.29) is 18.5 Å². The summed E-state index contributed by atoms with van der Waals surface area (Å²) in [6.07, 6.45) is 2.93. The van der Waals surface area contributed by atoms with Gasteiger partial charge in [-0.25, -0.2) is 13.9 Å². The third kappa shape index (κ3) is 2.90. The number of carbonyl (C=O) groups excluding carboxylic acids is 1. The molecule has 126 valence electrons. The highest BCUT2D eigenvalue weighted by Crippen LogP contribution is 2.28. The molecule has 1 aromatic carbocycles. The van der Waals surface area contributed by atoms with Gasteiger partial charge >= 0.3 is 5.97 Å². The van der Waals surface area contributed by atoms with E-state index >= 15 is 0 Å². The van der Waals surface area contributed by atoms with E-state index in [1.165, 1.54) is 23.1 Å². The fourth-order valence-corrected chi connectivity index (χ4v) is 3.11. The van der Waals surface area contributed by atoms with Gasteiger partial charge in [0.1, 0.15) is 9.22 Å². The Morgan fingerprint density at radius 1 is 1.42 bits per heavy atom. The van der Waals surface area contributed by atoms with Gasteiger partial charge in [-0.15, -0.1) is 0 Å². The molecule has 0 bridgehead atoms. The van der Waals surface area contributed by atoms with Gasteiger partial charge in [0, 0.05) is 23.7 Å². The Morgan fingerprint density at radius 2 is 2.17 bits per heavy atom. The van der Waals surface area contributed by atoms with Crippen molar-refractivity contribution in [1.29, 1.82) is 0 Å². The Morgan fingerprint density at radius 3 is 2.83 bits per heavy atom. The second kappa shape index (κ2) is 6.50. The number of hydrogen-bond acceptors (Lipinski definition) is 4. The van der Waals surface area contributed by atoms with Gasteiger partial charge in [-0.1, -0.05) is 0 Å². The number of carbonyl (C=O) groups is 1. The number of fused-ring (bicyclic) bond motifs is 1. The molecule has 3 aromatic rings. The number of rotatable bonds is 4. The summed E-state index contributed by atoms with van der Waals surface area (Å²) >= 11 is 2.09. The fraction of sp³-hybridized carbons (Fsp3) is 0.312. The first kappa shape index (κ1) is 16.9. The zero-order valence-electron chi connectivity index (χ0n) is 13.5. The van der Waals surface area contributed by atoms with Crippen molar-refractivity contribution < 1.29 is 13.9 Å². The van der Waals surface area contributed by atoms with Crippen LogP contribution in [0.2, 0.25) is 0 Å². The van der Waals surface area contributed by atoms with E-state index in [2.05, 4.69) is 32.8 Å². The molecule has 0 aliphatic rings. The lowest BCUT2D eigenvalue weighted by molar-refractivity contribution is 0.0526. The molecule has 0 unspecified atom stereocenters. The molecular weight excluding hydrogens is 426 g/mol. The Bertz CT molecular complexity index is 916. The molecule has 0 N–H and O–H groups in total. The van der Waals surface area contributed by atoms with Crippen molar-refractivity contribution in [2.45, 2.75) is 26.8 Å². The molecule has 3 rings (SSSR count). The van der Waals surface area contributed by atoms with E-state index in [0.29, 0.717) is 22.2 Å². The average molecular weight is 442 g/mol. The molecule has 0 amide bonds. The minimum atomic E-state index is -0.451. The van der Waals surface area contributed by atoms with Crippen LogP contribution in [0.25, 0.3) is 16.6 Å². The first-order valence-corrected chi connectivity index (χ1v) is 8.59. The standard InChI is InChI=1S/C16H16FIN4O2/c1-4-24-16(23)10-7-19-21(8-10)11-5-12-14(13(17)6-11)22(9(2)3)20-15(12)18/h5-9H,4H2,1-3H3. The second-order valence-corrected chi connectivity index (χ2v) is 6.57. The van der Waals surface area contributed by atoms with Crippen LogP contribution in [0, 0.1) is 9.52 Å². The van der Waals surface area contributed by atoms with Crippen LogP contribution in [0.3, 0.4) is 0 Å². The van der Waals surface area contributed by atoms with E-state index in [1.54, 1.807) is 11.6 Å². The lowest BCUT2D eigenvalue weighted by Gasteiger charge is -2.08. The van der Waals surface area contributed by atoms with E-state index in [9.17, 15) is 9.18 Å². The molecule has 8 heteroatoms. The average Bonchev–Trinajstić information content (AvgIpc) is 3.13. The van der Waals surface area contributed by atoms with Crippen molar-refractivity contribution in [1.82, 2.24) is 19.6 Å². The van der Waals surface area contributed by atoms with Crippen molar-refractivity contribution in [3.8, 4) is 5.69 Å². The zero-order chi connectivity index (χ0) is 17.4. The Hall–Kier alpha value is -1.97. The van der Waals surface area contributed by atoms with Crippen LogP contribution in [-0.2, 0) is 4.74 Å². The van der Waals surface area contributed by atoms with Gasteiger partial charge in [-0.2, -0.15) is 10.2 Å². The number of ether oxygens (including phenoxy) is 1. The Kier molecular flexibility index (Phi) is 4.57. The highest BCUT2D eigenvalue weighted by atomic mass is 127. The van der Waals surface area contributed by atoms with Crippen molar-refractivity contribution in [3.05, 3.63) is 39.6 Å². The molecule has 0 aliphatic heterocycles. The third-order valence-corrected chi connectivity index (χ3v) is 4.34. The quantitative estimate of drug-likeness (QED) is 0.457. The normalized spacial score (nSPS) is 11.4. The van der Waals surface area contributed by atoms with E-state index in [0.717, 1.165) is 3.70 Å². The molecular formula is C16H16FIN4O2. The number of esters is 1. The molecule has 0 spiro atoms. The van der Waals surface area contributed by atoms with Crippen LogP contribution < -0.4 is 0 Å². The van der Waals surface area contributed by atoms with Crippen LogP contribution in [0.4, 0.5) is 4.39 Å². The SMILES string of the molecule is CCOC(=O)c1cnn(-c2cc(F)c3c(c2)c(I)nn3C(C)C)c1. The monoisotopic (exact) mass is 442 g/mol. The molecule has 0 atom stereocenters. The van der Waals surface area contributed by atoms with E-state index < -0.39 is 5.97 Å². The number of hydrogen-bond donors (Lipinski definition) is 0. The molecule has 0 aliphatic carbocycles. The van der Waals surface area contributed by atoms with Gasteiger partial charge in [0.2, 0.25) is 0 Å². The molecule has 24 heavy (non-hydrogen) atoms. The van der Waals surface area contributed by atoms with Crippen LogP contribution in [-0.4, -0.2) is 32.1 Å². The van der Waals surface area contributed by atoms with Gasteiger partial charge < -0.3 is 4.74 Å². The maximum atomic E-state index is 14.7. The zero-order valence-corrected chi connectivity index (χ0v) is 15.6. The summed E-state index contributed by atoms with van der Waals surface area (Å²) in [4.78, 5) is 11.7. The summed E-state index contributed by atoms with van der Waals surface area (Å²) in [7, 11) is 0. The molecule has 0 saturated heterocycles. The Labute approximate surface area is 151 Å². The molecule has 0 radical (unpaired) electrons. The first-order valence-electron chi connectivity index (χ1n) is 7.51.